The molecule has 0 aliphatic heterocycles. The minimum absolute atomic E-state index is 0.101. The van der Waals surface area contributed by atoms with Crippen LogP contribution in [0.15, 0.2) is 48.5 Å². The topological polar surface area (TPSA) is 52.6 Å². The molecule has 1 aliphatic carbocycles. The second-order valence-electron chi connectivity index (χ2n) is 5.18. The summed E-state index contributed by atoms with van der Waals surface area (Å²) in [4.78, 5) is 24.2. The number of methoxy groups -OCH3 is 1. The van der Waals surface area contributed by atoms with Crippen molar-refractivity contribution >= 4 is 11.8 Å². The predicted molar refractivity (Wildman–Crippen MR) is 81.2 cm³/mol. The zero-order valence-corrected chi connectivity index (χ0v) is 12.2. The quantitative estimate of drug-likeness (QED) is 0.812. The molecule has 4 heteroatoms. The van der Waals surface area contributed by atoms with Crippen LogP contribution in [0.1, 0.15) is 45.2 Å². The van der Waals surface area contributed by atoms with E-state index in [4.69, 9.17) is 9.47 Å². The van der Waals surface area contributed by atoms with Crippen LogP contribution in [-0.4, -0.2) is 18.9 Å². The van der Waals surface area contributed by atoms with Crippen LogP contribution in [0.5, 0.6) is 5.75 Å². The molecule has 0 saturated heterocycles. The summed E-state index contributed by atoms with van der Waals surface area (Å²) in [6.45, 7) is 0. The molecule has 0 bridgehead atoms. The molecule has 2 aromatic rings. The lowest BCUT2D eigenvalue weighted by atomic mass is 9.88. The van der Waals surface area contributed by atoms with E-state index in [2.05, 4.69) is 0 Å². The fourth-order valence-corrected chi connectivity index (χ4v) is 2.65. The fourth-order valence-electron chi connectivity index (χ4n) is 2.65. The molecule has 0 unspecified atom stereocenters. The number of ether oxygens (including phenoxy) is 2. The van der Waals surface area contributed by atoms with Gasteiger partial charge in [-0.3, -0.25) is 4.79 Å². The zero-order chi connectivity index (χ0) is 15.5. The van der Waals surface area contributed by atoms with Crippen molar-refractivity contribution in [3.05, 3.63) is 65.2 Å². The van der Waals surface area contributed by atoms with Crippen molar-refractivity contribution < 1.29 is 19.1 Å². The molecule has 112 valence electrons. The third-order valence-electron chi connectivity index (χ3n) is 3.80. The van der Waals surface area contributed by atoms with Gasteiger partial charge in [-0.15, -0.1) is 0 Å². The van der Waals surface area contributed by atoms with Gasteiger partial charge >= 0.3 is 5.97 Å². The Balaban J connectivity index is 1.83. The standard InChI is InChI=1S/C18H16O4/c1-21-13-6-4-5-12(11-13)18(20)22-17-10-9-16(19)14-7-2-3-8-15(14)17/h2-8,11,17H,9-10H2,1H3/t17-/m0/s1. The van der Waals surface area contributed by atoms with Crippen molar-refractivity contribution in [3.63, 3.8) is 0 Å². The average molecular weight is 296 g/mol. The third-order valence-corrected chi connectivity index (χ3v) is 3.80. The summed E-state index contributed by atoms with van der Waals surface area (Å²) < 4.78 is 10.7. The summed E-state index contributed by atoms with van der Waals surface area (Å²) in [5.74, 6) is 0.297. The minimum Gasteiger partial charge on any atom is -0.497 e. The molecule has 0 fully saturated rings. The lowest BCUT2D eigenvalue weighted by molar-refractivity contribution is 0.0252. The lowest BCUT2D eigenvalue weighted by Crippen LogP contribution is -2.20. The van der Waals surface area contributed by atoms with Gasteiger partial charge in [-0.1, -0.05) is 30.3 Å². The van der Waals surface area contributed by atoms with Crippen molar-refractivity contribution in [2.75, 3.05) is 7.11 Å². The van der Waals surface area contributed by atoms with Crippen LogP contribution >= 0.6 is 0 Å². The number of rotatable bonds is 3. The van der Waals surface area contributed by atoms with Crippen LogP contribution in [0.4, 0.5) is 0 Å². The van der Waals surface area contributed by atoms with Gasteiger partial charge in [-0.25, -0.2) is 4.79 Å². The van der Waals surface area contributed by atoms with Gasteiger partial charge in [0.25, 0.3) is 0 Å². The smallest absolute Gasteiger partial charge is 0.338 e. The number of ketones is 1. The zero-order valence-electron chi connectivity index (χ0n) is 12.2. The minimum atomic E-state index is -0.409. The molecule has 0 heterocycles. The molecule has 0 saturated carbocycles. The number of esters is 1. The number of Topliss-reactive ketones (excluding diaryl/α,β-unsaturated/α-hetero) is 1. The Morgan fingerprint density at radius 1 is 1.14 bits per heavy atom. The first-order valence-corrected chi connectivity index (χ1v) is 7.16. The van der Waals surface area contributed by atoms with E-state index in [1.165, 1.54) is 0 Å². The first-order valence-electron chi connectivity index (χ1n) is 7.16. The highest BCUT2D eigenvalue weighted by Gasteiger charge is 2.28. The van der Waals surface area contributed by atoms with Gasteiger partial charge in [0, 0.05) is 17.5 Å². The SMILES string of the molecule is COc1cccc(C(=O)O[C@H]2CCC(=O)c3ccccc32)c1. The van der Waals surface area contributed by atoms with E-state index in [0.29, 0.717) is 29.7 Å². The number of hydrogen-bond acceptors (Lipinski definition) is 4. The van der Waals surface area contributed by atoms with E-state index < -0.39 is 5.97 Å². The first-order chi connectivity index (χ1) is 10.7. The van der Waals surface area contributed by atoms with Crippen molar-refractivity contribution in [2.45, 2.75) is 18.9 Å². The van der Waals surface area contributed by atoms with Crippen LogP contribution in [0, 0.1) is 0 Å². The van der Waals surface area contributed by atoms with E-state index in [1.807, 2.05) is 18.2 Å². The molecular weight excluding hydrogens is 280 g/mol. The van der Waals surface area contributed by atoms with Crippen LogP contribution in [-0.2, 0) is 4.74 Å². The van der Waals surface area contributed by atoms with E-state index in [9.17, 15) is 9.59 Å². The number of hydrogen-bond donors (Lipinski definition) is 0. The highest BCUT2D eigenvalue weighted by molar-refractivity contribution is 5.99. The van der Waals surface area contributed by atoms with Crippen molar-refractivity contribution in [1.82, 2.24) is 0 Å². The predicted octanol–water partition coefficient (Wildman–Crippen LogP) is 3.57. The molecule has 1 atom stereocenters. The highest BCUT2D eigenvalue weighted by Crippen LogP contribution is 2.33. The molecular formula is C18H16O4. The summed E-state index contributed by atoms with van der Waals surface area (Å²) in [6.07, 6.45) is 0.533. The molecule has 4 nitrogen and oxygen atoms in total. The van der Waals surface area contributed by atoms with Gasteiger partial charge in [0.2, 0.25) is 0 Å². The maximum absolute atomic E-state index is 12.3. The Kier molecular flexibility index (Phi) is 3.92. The van der Waals surface area contributed by atoms with Gasteiger partial charge in [-0.2, -0.15) is 0 Å². The molecule has 22 heavy (non-hydrogen) atoms. The Labute approximate surface area is 128 Å². The van der Waals surface area contributed by atoms with Crippen molar-refractivity contribution in [2.24, 2.45) is 0 Å². The summed E-state index contributed by atoms with van der Waals surface area (Å²) in [5.41, 5.74) is 1.88. The summed E-state index contributed by atoms with van der Waals surface area (Å²) in [5, 5.41) is 0. The second-order valence-corrected chi connectivity index (χ2v) is 5.18. The number of carbonyl (C=O) groups is 2. The van der Waals surface area contributed by atoms with Gasteiger partial charge < -0.3 is 9.47 Å². The van der Waals surface area contributed by atoms with Crippen LogP contribution in [0.3, 0.4) is 0 Å². The normalized spacial score (nSPS) is 16.8. The number of benzene rings is 2. The van der Waals surface area contributed by atoms with Crippen molar-refractivity contribution in [3.8, 4) is 5.75 Å². The maximum atomic E-state index is 12.3. The van der Waals surface area contributed by atoms with Gasteiger partial charge in [-0.05, 0) is 24.6 Å². The molecule has 2 aromatic carbocycles. The summed E-state index contributed by atoms with van der Waals surface area (Å²) in [7, 11) is 1.55. The van der Waals surface area contributed by atoms with E-state index in [1.54, 1.807) is 37.4 Å². The lowest BCUT2D eigenvalue weighted by Gasteiger charge is -2.24. The van der Waals surface area contributed by atoms with E-state index in [0.717, 1.165) is 5.56 Å². The molecule has 3 rings (SSSR count). The maximum Gasteiger partial charge on any atom is 0.338 e. The molecule has 0 aromatic heterocycles. The number of carbonyl (C=O) groups excluding carboxylic acids is 2. The van der Waals surface area contributed by atoms with Crippen LogP contribution < -0.4 is 4.74 Å². The second kappa shape index (κ2) is 6.02. The van der Waals surface area contributed by atoms with Gasteiger partial charge in [0.15, 0.2) is 5.78 Å². The summed E-state index contributed by atoms with van der Waals surface area (Å²) in [6, 6.07) is 14.1. The average Bonchev–Trinajstić information content (AvgIpc) is 2.57. The Hall–Kier alpha value is -2.62. The molecule has 0 spiro atoms. The molecule has 0 N–H and O–H groups in total. The molecule has 0 radical (unpaired) electrons. The Morgan fingerprint density at radius 2 is 1.95 bits per heavy atom. The molecule has 1 aliphatic rings. The van der Waals surface area contributed by atoms with Gasteiger partial charge in [0.1, 0.15) is 11.9 Å². The molecule has 0 amide bonds. The van der Waals surface area contributed by atoms with E-state index in [-0.39, 0.29) is 11.9 Å². The number of fused-ring (bicyclic) bond motifs is 1. The fraction of sp³-hybridized carbons (Fsp3) is 0.222. The largest absolute Gasteiger partial charge is 0.497 e. The van der Waals surface area contributed by atoms with Gasteiger partial charge in [0.05, 0.1) is 12.7 Å². The highest BCUT2D eigenvalue weighted by atomic mass is 16.5. The van der Waals surface area contributed by atoms with E-state index >= 15 is 0 Å². The Morgan fingerprint density at radius 3 is 2.77 bits per heavy atom. The first kappa shape index (κ1) is 14.3. The van der Waals surface area contributed by atoms with Crippen LogP contribution in [0.2, 0.25) is 0 Å². The Bertz CT molecular complexity index is 721. The van der Waals surface area contributed by atoms with Crippen molar-refractivity contribution in [1.29, 1.82) is 0 Å². The third kappa shape index (κ3) is 2.72. The monoisotopic (exact) mass is 296 g/mol. The van der Waals surface area contributed by atoms with Crippen LogP contribution in [0.25, 0.3) is 0 Å². The summed E-state index contributed by atoms with van der Waals surface area (Å²) >= 11 is 0.